The first-order valence-electron chi connectivity index (χ1n) is 5.77. The summed E-state index contributed by atoms with van der Waals surface area (Å²) in [5.74, 6) is -0.0401. The average Bonchev–Trinajstić information content (AvgIpc) is 2.86. The van der Waals surface area contributed by atoms with E-state index in [1.54, 1.807) is 13.0 Å². The van der Waals surface area contributed by atoms with E-state index in [-0.39, 0.29) is 11.4 Å². The molecule has 0 spiro atoms. The lowest BCUT2D eigenvalue weighted by Gasteiger charge is -2.09. The number of allylic oxidation sites excluding steroid dienone is 1. The third kappa shape index (κ3) is 3.33. The predicted octanol–water partition coefficient (Wildman–Crippen LogP) is 3.56. The fourth-order valence-electron chi connectivity index (χ4n) is 1.67. The SMILES string of the molecule is C/C=C\n1cnc(-c2cc(C(=O)F)cc(C(F)(F)F)c2)n1. The minimum absolute atomic E-state index is 0.0401. The Kier molecular flexibility index (Phi) is 3.88. The number of carbonyl (C=O) groups excluding carboxylic acids is 1. The molecule has 2 aromatic rings. The van der Waals surface area contributed by atoms with Crippen LogP contribution in [0.15, 0.2) is 30.6 Å². The normalized spacial score (nSPS) is 12.0. The largest absolute Gasteiger partial charge is 0.416 e. The smallest absolute Gasteiger partial charge is 0.255 e. The van der Waals surface area contributed by atoms with Crippen LogP contribution in [-0.4, -0.2) is 20.8 Å². The molecule has 0 aliphatic rings. The molecule has 1 aromatic carbocycles. The van der Waals surface area contributed by atoms with Gasteiger partial charge >= 0.3 is 12.2 Å². The second-order valence-corrected chi connectivity index (χ2v) is 4.10. The van der Waals surface area contributed by atoms with Gasteiger partial charge in [0.15, 0.2) is 5.82 Å². The summed E-state index contributed by atoms with van der Waals surface area (Å²) < 4.78 is 52.3. The molecular weight excluding hydrogens is 290 g/mol. The molecular formula is C13H9F4N3O. The van der Waals surface area contributed by atoms with Gasteiger partial charge in [0.25, 0.3) is 0 Å². The fourth-order valence-corrected chi connectivity index (χ4v) is 1.67. The van der Waals surface area contributed by atoms with Crippen LogP contribution in [0.4, 0.5) is 17.6 Å². The van der Waals surface area contributed by atoms with Crippen LogP contribution in [0.5, 0.6) is 0 Å². The molecule has 1 aromatic heterocycles. The van der Waals surface area contributed by atoms with Crippen LogP contribution in [-0.2, 0) is 6.18 Å². The van der Waals surface area contributed by atoms with Crippen LogP contribution >= 0.6 is 0 Å². The second kappa shape index (κ2) is 5.47. The van der Waals surface area contributed by atoms with E-state index in [2.05, 4.69) is 10.1 Å². The van der Waals surface area contributed by atoms with Crippen molar-refractivity contribution in [1.82, 2.24) is 14.8 Å². The fraction of sp³-hybridized carbons (Fsp3) is 0.154. The van der Waals surface area contributed by atoms with Gasteiger partial charge in [0.05, 0.1) is 11.1 Å². The Morgan fingerprint density at radius 2 is 2.00 bits per heavy atom. The van der Waals surface area contributed by atoms with Gasteiger partial charge in [-0.2, -0.15) is 17.6 Å². The third-order valence-corrected chi connectivity index (χ3v) is 2.56. The van der Waals surface area contributed by atoms with E-state index in [1.807, 2.05) is 0 Å². The summed E-state index contributed by atoms with van der Waals surface area (Å²) in [5.41, 5.74) is -1.92. The van der Waals surface area contributed by atoms with Crippen LogP contribution in [0, 0.1) is 0 Å². The number of hydrogen-bond acceptors (Lipinski definition) is 3. The predicted molar refractivity (Wildman–Crippen MR) is 66.9 cm³/mol. The molecule has 0 radical (unpaired) electrons. The Balaban J connectivity index is 2.56. The van der Waals surface area contributed by atoms with Gasteiger partial charge < -0.3 is 0 Å². The molecule has 0 saturated carbocycles. The number of nitrogens with zero attached hydrogens (tertiary/aromatic N) is 3. The van der Waals surface area contributed by atoms with Gasteiger partial charge in [-0.3, -0.25) is 4.79 Å². The van der Waals surface area contributed by atoms with Crippen molar-refractivity contribution in [3.05, 3.63) is 41.7 Å². The first-order valence-corrected chi connectivity index (χ1v) is 5.77. The number of rotatable bonds is 3. The number of hydrogen-bond donors (Lipinski definition) is 0. The maximum atomic E-state index is 12.8. The highest BCUT2D eigenvalue weighted by Gasteiger charge is 2.32. The number of alkyl halides is 3. The summed E-state index contributed by atoms with van der Waals surface area (Å²) in [6.07, 6.45) is -0.231. The first kappa shape index (κ1) is 14.9. The molecule has 8 heteroatoms. The number of carbonyl (C=O) groups is 1. The van der Waals surface area contributed by atoms with Crippen molar-refractivity contribution in [2.45, 2.75) is 13.1 Å². The van der Waals surface area contributed by atoms with Gasteiger partial charge in [-0.05, 0) is 25.1 Å². The molecule has 0 aliphatic heterocycles. The van der Waals surface area contributed by atoms with Gasteiger partial charge in [0.2, 0.25) is 0 Å². The summed E-state index contributed by atoms with van der Waals surface area (Å²) in [4.78, 5) is 14.6. The van der Waals surface area contributed by atoms with Crippen LogP contribution in [0.2, 0.25) is 0 Å². The maximum Gasteiger partial charge on any atom is 0.416 e. The van der Waals surface area contributed by atoms with Crippen molar-refractivity contribution >= 4 is 12.2 Å². The van der Waals surface area contributed by atoms with E-state index in [9.17, 15) is 22.4 Å². The molecule has 0 bridgehead atoms. The maximum absolute atomic E-state index is 12.8. The van der Waals surface area contributed by atoms with E-state index < -0.39 is 23.3 Å². The highest BCUT2D eigenvalue weighted by molar-refractivity contribution is 5.90. The summed E-state index contributed by atoms with van der Waals surface area (Å²) >= 11 is 0. The molecule has 0 N–H and O–H groups in total. The molecule has 0 fully saturated rings. The van der Waals surface area contributed by atoms with Gasteiger partial charge in [-0.25, -0.2) is 9.67 Å². The van der Waals surface area contributed by atoms with Crippen molar-refractivity contribution < 1.29 is 22.4 Å². The van der Waals surface area contributed by atoms with Crippen LogP contribution in [0.25, 0.3) is 17.6 Å². The minimum Gasteiger partial charge on any atom is -0.255 e. The molecule has 2 rings (SSSR count). The summed E-state index contributed by atoms with van der Waals surface area (Å²) in [7, 11) is 0. The highest BCUT2D eigenvalue weighted by atomic mass is 19.4. The average molecular weight is 299 g/mol. The van der Waals surface area contributed by atoms with Crippen molar-refractivity contribution in [2.75, 3.05) is 0 Å². The number of halogens is 4. The highest BCUT2D eigenvalue weighted by Crippen LogP contribution is 2.32. The monoisotopic (exact) mass is 299 g/mol. The zero-order chi connectivity index (χ0) is 15.6. The van der Waals surface area contributed by atoms with E-state index in [0.717, 1.165) is 12.1 Å². The van der Waals surface area contributed by atoms with E-state index in [0.29, 0.717) is 6.07 Å². The molecule has 1 heterocycles. The van der Waals surface area contributed by atoms with Gasteiger partial charge in [0, 0.05) is 11.8 Å². The molecule has 0 saturated heterocycles. The Hall–Kier alpha value is -2.51. The lowest BCUT2D eigenvalue weighted by Crippen LogP contribution is -2.07. The van der Waals surface area contributed by atoms with Crippen molar-refractivity contribution in [2.24, 2.45) is 0 Å². The molecule has 0 unspecified atom stereocenters. The Bertz CT molecular complexity index is 704. The van der Waals surface area contributed by atoms with Gasteiger partial charge in [-0.1, -0.05) is 6.08 Å². The third-order valence-electron chi connectivity index (χ3n) is 2.56. The molecule has 0 atom stereocenters. The zero-order valence-corrected chi connectivity index (χ0v) is 10.7. The Morgan fingerprint density at radius 1 is 1.29 bits per heavy atom. The Labute approximate surface area is 116 Å². The van der Waals surface area contributed by atoms with Crippen LogP contribution in [0.3, 0.4) is 0 Å². The standard InChI is InChI=1S/C13H9F4N3O/c1-2-3-20-7-18-12(19-20)9-4-8(11(14)21)5-10(6-9)13(15,16)17/h2-7H,1H3/b3-2-. The minimum atomic E-state index is -4.70. The summed E-state index contributed by atoms with van der Waals surface area (Å²) in [6.45, 7) is 1.73. The van der Waals surface area contributed by atoms with E-state index >= 15 is 0 Å². The topological polar surface area (TPSA) is 47.8 Å². The number of aromatic nitrogens is 3. The van der Waals surface area contributed by atoms with E-state index in [1.165, 1.54) is 17.2 Å². The van der Waals surface area contributed by atoms with Crippen molar-refractivity contribution in [3.8, 4) is 11.4 Å². The zero-order valence-electron chi connectivity index (χ0n) is 10.7. The first-order chi connectivity index (χ1) is 9.81. The molecule has 21 heavy (non-hydrogen) atoms. The molecule has 110 valence electrons. The summed E-state index contributed by atoms with van der Waals surface area (Å²) in [5, 5.41) is 3.91. The molecule has 0 aliphatic carbocycles. The molecule has 0 amide bonds. The van der Waals surface area contributed by atoms with Gasteiger partial charge in [0.1, 0.15) is 6.33 Å². The lowest BCUT2D eigenvalue weighted by atomic mass is 10.1. The second-order valence-electron chi connectivity index (χ2n) is 4.10. The lowest BCUT2D eigenvalue weighted by molar-refractivity contribution is -0.137. The van der Waals surface area contributed by atoms with Crippen LogP contribution < -0.4 is 0 Å². The molecule has 4 nitrogen and oxygen atoms in total. The Morgan fingerprint density at radius 3 is 2.57 bits per heavy atom. The van der Waals surface area contributed by atoms with Crippen LogP contribution in [0.1, 0.15) is 22.8 Å². The summed E-state index contributed by atoms with van der Waals surface area (Å²) in [6, 6.07) is 0.249. The van der Waals surface area contributed by atoms with Crippen molar-refractivity contribution in [3.63, 3.8) is 0 Å². The quantitative estimate of drug-likeness (QED) is 0.643. The van der Waals surface area contributed by atoms with E-state index in [4.69, 9.17) is 0 Å². The van der Waals surface area contributed by atoms with Crippen molar-refractivity contribution in [1.29, 1.82) is 0 Å². The van der Waals surface area contributed by atoms with Gasteiger partial charge in [-0.15, -0.1) is 5.10 Å². The number of benzene rings is 1.